The molecule has 0 aliphatic rings. The molecule has 0 aliphatic heterocycles. The highest BCUT2D eigenvalue weighted by molar-refractivity contribution is 6.30. The van der Waals surface area contributed by atoms with E-state index in [0.29, 0.717) is 19.7 Å². The van der Waals surface area contributed by atoms with Crippen LogP contribution < -0.4 is 5.32 Å². The van der Waals surface area contributed by atoms with Crippen LogP contribution in [0.15, 0.2) is 30.5 Å². The summed E-state index contributed by atoms with van der Waals surface area (Å²) in [6.45, 7) is 2.72. The molecule has 0 radical (unpaired) electrons. The minimum absolute atomic E-state index is 0.134. The van der Waals surface area contributed by atoms with Gasteiger partial charge in [0.2, 0.25) is 0 Å². The van der Waals surface area contributed by atoms with Crippen molar-refractivity contribution in [3.63, 3.8) is 0 Å². The number of ether oxygens (including phenoxy) is 1. The summed E-state index contributed by atoms with van der Waals surface area (Å²) in [7, 11) is 1.67. The van der Waals surface area contributed by atoms with Crippen LogP contribution in [0, 0.1) is 5.82 Å². The number of halogens is 2. The normalized spacial score (nSPS) is 10.9. The average molecular weight is 298 g/mol. The number of methoxy groups -OCH3 is 1. The Morgan fingerprint density at radius 1 is 1.40 bits per heavy atom. The summed E-state index contributed by atoms with van der Waals surface area (Å²) in [5.41, 5.74) is 1.97. The van der Waals surface area contributed by atoms with E-state index < -0.39 is 5.82 Å². The Bertz CT molecular complexity index is 559. The zero-order valence-corrected chi connectivity index (χ0v) is 12.0. The molecule has 20 heavy (non-hydrogen) atoms. The van der Waals surface area contributed by atoms with Gasteiger partial charge >= 0.3 is 0 Å². The third-order valence-electron chi connectivity index (χ3n) is 2.91. The monoisotopic (exact) mass is 297 g/mol. The molecule has 1 aromatic carbocycles. The van der Waals surface area contributed by atoms with Gasteiger partial charge in [-0.1, -0.05) is 17.7 Å². The molecule has 108 valence electrons. The molecule has 0 atom stereocenters. The van der Waals surface area contributed by atoms with Crippen molar-refractivity contribution in [3.8, 4) is 0 Å². The number of hydrogen-bond donors (Lipinski definition) is 1. The van der Waals surface area contributed by atoms with Crippen molar-refractivity contribution in [1.29, 1.82) is 0 Å². The third-order valence-corrected chi connectivity index (χ3v) is 3.20. The Balaban J connectivity index is 1.99. The molecular formula is C14H17ClFN3O. The SMILES string of the molecule is COCCNCc1ccnn1Cc1ccc(F)c(Cl)c1. The third kappa shape index (κ3) is 4.03. The molecule has 1 heterocycles. The summed E-state index contributed by atoms with van der Waals surface area (Å²) in [6, 6.07) is 6.66. The van der Waals surface area contributed by atoms with Crippen LogP contribution in [0.3, 0.4) is 0 Å². The molecule has 0 saturated carbocycles. The van der Waals surface area contributed by atoms with Crippen molar-refractivity contribution in [2.75, 3.05) is 20.3 Å². The Labute approximate surface area is 122 Å². The summed E-state index contributed by atoms with van der Waals surface area (Å²) in [4.78, 5) is 0. The van der Waals surface area contributed by atoms with Crippen LogP contribution >= 0.6 is 11.6 Å². The van der Waals surface area contributed by atoms with Crippen molar-refractivity contribution in [2.24, 2.45) is 0 Å². The van der Waals surface area contributed by atoms with Crippen LogP contribution in [-0.2, 0) is 17.8 Å². The number of aromatic nitrogens is 2. The fourth-order valence-corrected chi connectivity index (χ4v) is 2.06. The largest absolute Gasteiger partial charge is 0.383 e. The van der Waals surface area contributed by atoms with Crippen LogP contribution in [0.2, 0.25) is 5.02 Å². The van der Waals surface area contributed by atoms with Gasteiger partial charge in [-0.05, 0) is 23.8 Å². The molecule has 0 saturated heterocycles. The lowest BCUT2D eigenvalue weighted by Gasteiger charge is -2.09. The molecule has 2 rings (SSSR count). The molecule has 6 heteroatoms. The fourth-order valence-electron chi connectivity index (χ4n) is 1.85. The van der Waals surface area contributed by atoms with E-state index in [1.807, 2.05) is 10.7 Å². The van der Waals surface area contributed by atoms with Crippen LogP contribution in [-0.4, -0.2) is 30.0 Å². The zero-order chi connectivity index (χ0) is 14.4. The summed E-state index contributed by atoms with van der Waals surface area (Å²) >= 11 is 5.78. The predicted octanol–water partition coefficient (Wildman–Crippen LogP) is 2.46. The van der Waals surface area contributed by atoms with Crippen LogP contribution in [0.5, 0.6) is 0 Å². The van der Waals surface area contributed by atoms with Crippen LogP contribution in [0.1, 0.15) is 11.3 Å². The maximum atomic E-state index is 13.1. The second-order valence-electron chi connectivity index (χ2n) is 4.40. The maximum absolute atomic E-state index is 13.1. The van der Waals surface area contributed by atoms with Crippen molar-refractivity contribution < 1.29 is 9.13 Å². The van der Waals surface area contributed by atoms with Crippen LogP contribution in [0.4, 0.5) is 4.39 Å². The number of nitrogens with zero attached hydrogens (tertiary/aromatic N) is 2. The van der Waals surface area contributed by atoms with Gasteiger partial charge in [-0.15, -0.1) is 0 Å². The highest BCUT2D eigenvalue weighted by Gasteiger charge is 2.05. The number of benzene rings is 1. The van der Waals surface area contributed by atoms with E-state index in [4.69, 9.17) is 16.3 Å². The second kappa shape index (κ2) is 7.38. The lowest BCUT2D eigenvalue weighted by molar-refractivity contribution is 0.199. The topological polar surface area (TPSA) is 39.1 Å². The van der Waals surface area contributed by atoms with Gasteiger partial charge in [-0.2, -0.15) is 5.10 Å². The number of hydrogen-bond acceptors (Lipinski definition) is 3. The van der Waals surface area contributed by atoms with Gasteiger partial charge in [-0.3, -0.25) is 4.68 Å². The lowest BCUT2D eigenvalue weighted by atomic mass is 10.2. The summed E-state index contributed by atoms with van der Waals surface area (Å²) in [5, 5.41) is 7.67. The van der Waals surface area contributed by atoms with Gasteiger partial charge in [0, 0.05) is 26.4 Å². The number of nitrogens with one attached hydrogen (secondary N) is 1. The average Bonchev–Trinajstić information content (AvgIpc) is 2.86. The minimum Gasteiger partial charge on any atom is -0.383 e. The van der Waals surface area contributed by atoms with E-state index in [1.165, 1.54) is 6.07 Å². The first kappa shape index (κ1) is 15.0. The van der Waals surface area contributed by atoms with Crippen LogP contribution in [0.25, 0.3) is 0 Å². The molecule has 0 unspecified atom stereocenters. The molecular weight excluding hydrogens is 281 g/mol. The van der Waals surface area contributed by atoms with Gasteiger partial charge in [0.1, 0.15) is 5.82 Å². The lowest BCUT2D eigenvalue weighted by Crippen LogP contribution is -2.21. The molecule has 0 fully saturated rings. The first-order chi connectivity index (χ1) is 9.70. The van der Waals surface area contributed by atoms with E-state index >= 15 is 0 Å². The Morgan fingerprint density at radius 3 is 3.00 bits per heavy atom. The molecule has 4 nitrogen and oxygen atoms in total. The minimum atomic E-state index is -0.405. The molecule has 0 bridgehead atoms. The Morgan fingerprint density at radius 2 is 2.25 bits per heavy atom. The Kier molecular flexibility index (Phi) is 5.52. The second-order valence-corrected chi connectivity index (χ2v) is 4.81. The van der Waals surface area contributed by atoms with Gasteiger partial charge in [0.15, 0.2) is 0 Å². The van der Waals surface area contributed by atoms with E-state index in [9.17, 15) is 4.39 Å². The zero-order valence-electron chi connectivity index (χ0n) is 11.3. The van der Waals surface area contributed by atoms with Crippen molar-refractivity contribution in [3.05, 3.63) is 52.6 Å². The highest BCUT2D eigenvalue weighted by atomic mass is 35.5. The fraction of sp³-hybridized carbons (Fsp3) is 0.357. The quantitative estimate of drug-likeness (QED) is 0.798. The van der Waals surface area contributed by atoms with Gasteiger partial charge in [0.05, 0.1) is 23.9 Å². The molecule has 2 aromatic rings. The summed E-state index contributed by atoms with van der Waals surface area (Å²) < 4.78 is 20.0. The first-order valence-electron chi connectivity index (χ1n) is 6.35. The van der Waals surface area contributed by atoms with Crippen molar-refractivity contribution in [2.45, 2.75) is 13.1 Å². The molecule has 0 amide bonds. The molecule has 0 aliphatic carbocycles. The van der Waals surface area contributed by atoms with E-state index in [-0.39, 0.29) is 5.02 Å². The smallest absolute Gasteiger partial charge is 0.141 e. The van der Waals surface area contributed by atoms with Crippen molar-refractivity contribution >= 4 is 11.6 Å². The maximum Gasteiger partial charge on any atom is 0.141 e. The summed E-state index contributed by atoms with van der Waals surface area (Å²) in [6.07, 6.45) is 1.75. The van der Waals surface area contributed by atoms with E-state index in [0.717, 1.165) is 17.8 Å². The standard InChI is InChI=1S/C14H17ClFN3O/c1-20-7-6-17-9-12-4-5-18-19(12)10-11-2-3-14(16)13(15)8-11/h2-5,8,17H,6-7,9-10H2,1H3. The molecule has 0 spiro atoms. The first-order valence-corrected chi connectivity index (χ1v) is 6.73. The molecule has 1 N–H and O–H groups in total. The van der Waals surface area contributed by atoms with Gasteiger partial charge in [0.25, 0.3) is 0 Å². The molecule has 1 aromatic heterocycles. The van der Waals surface area contributed by atoms with E-state index in [1.54, 1.807) is 25.4 Å². The van der Waals surface area contributed by atoms with Gasteiger partial charge < -0.3 is 10.1 Å². The van der Waals surface area contributed by atoms with E-state index in [2.05, 4.69) is 10.4 Å². The summed E-state index contributed by atoms with van der Waals surface area (Å²) in [5.74, 6) is -0.405. The van der Waals surface area contributed by atoms with Crippen molar-refractivity contribution in [1.82, 2.24) is 15.1 Å². The Hall–Kier alpha value is -1.43. The van der Waals surface area contributed by atoms with Gasteiger partial charge in [-0.25, -0.2) is 4.39 Å². The highest BCUT2D eigenvalue weighted by Crippen LogP contribution is 2.17. The predicted molar refractivity (Wildman–Crippen MR) is 76.3 cm³/mol. The number of rotatable bonds is 7.